The molecule has 24 nitrogen and oxygen atoms in total. The van der Waals surface area contributed by atoms with E-state index in [2.05, 4.69) is 26.3 Å². The highest BCUT2D eigenvalue weighted by molar-refractivity contribution is 7.99. The lowest BCUT2D eigenvalue weighted by Gasteiger charge is -2.42. The summed E-state index contributed by atoms with van der Waals surface area (Å²) in [5.41, 5.74) is 0.290. The highest BCUT2D eigenvalue weighted by Gasteiger charge is 2.49. The van der Waals surface area contributed by atoms with Crippen molar-refractivity contribution in [3.63, 3.8) is 0 Å². The molecule has 0 bridgehead atoms. The lowest BCUT2D eigenvalue weighted by Crippen LogP contribution is -2.65. The number of ether oxygens (including phenoxy) is 3. The fourth-order valence-corrected chi connectivity index (χ4v) is 12.7. The van der Waals surface area contributed by atoms with Crippen LogP contribution >= 0.6 is 11.8 Å². The molecular formula is C63H75FN10O14S. The lowest BCUT2D eigenvalue weighted by molar-refractivity contribution is -0.157. The van der Waals surface area contributed by atoms with Crippen LogP contribution in [0.2, 0.25) is 0 Å². The van der Waals surface area contributed by atoms with Gasteiger partial charge in [-0.15, -0.1) is 0 Å². The largest absolute Gasteiger partial charge is 0.505 e. The molecule has 0 radical (unpaired) electrons. The molecule has 6 heterocycles. The molecule has 9 atom stereocenters. The average molecular weight is 1250 g/mol. The van der Waals surface area contributed by atoms with Crippen LogP contribution in [-0.4, -0.2) is 197 Å². The number of carbonyl (C=O) groups is 10. The Labute approximate surface area is 518 Å². The van der Waals surface area contributed by atoms with E-state index in [0.717, 1.165) is 5.56 Å². The van der Waals surface area contributed by atoms with Crippen LogP contribution in [0.1, 0.15) is 86.1 Å². The number of cyclic esters (lactones) is 2. The number of benzene rings is 3. The van der Waals surface area contributed by atoms with Gasteiger partial charge in [0.15, 0.2) is 11.7 Å². The van der Waals surface area contributed by atoms with Crippen molar-refractivity contribution in [2.24, 2.45) is 5.92 Å². The summed E-state index contributed by atoms with van der Waals surface area (Å²) in [6.45, 7) is 8.16. The molecule has 89 heavy (non-hydrogen) atoms. The number of nitrogens with one attached hydrogen (secondary N) is 4. The van der Waals surface area contributed by atoms with E-state index in [4.69, 9.17) is 14.2 Å². The third-order valence-corrected chi connectivity index (χ3v) is 18.2. The summed E-state index contributed by atoms with van der Waals surface area (Å²) in [5.74, 6) is -8.37. The number of esters is 1. The number of anilines is 2. The highest BCUT2D eigenvalue weighted by atomic mass is 32.2. The number of hydrogen-bond acceptors (Lipinski definition) is 17. The minimum absolute atomic E-state index is 0.0117. The summed E-state index contributed by atoms with van der Waals surface area (Å²) in [7, 11) is 1.44. The first-order valence-corrected chi connectivity index (χ1v) is 31.0. The Kier molecular flexibility index (Phi) is 20.9. The Bertz CT molecular complexity index is 3320. The maximum Gasteiger partial charge on any atom is 0.414 e. The number of likely N-dealkylation sites (N-methyl/N-ethyl adjacent to an activating group) is 1. The number of aryl methyl sites for hydroxylation is 1. The fraction of sp³-hybridized carbons (Fsp3) is 0.476. The Hall–Kier alpha value is -8.65. The van der Waals surface area contributed by atoms with Crippen molar-refractivity contribution in [3.8, 4) is 5.75 Å². The minimum atomic E-state index is -1.77. The number of halogens is 1. The molecule has 26 heteroatoms. The molecule has 5 saturated heterocycles. The number of piperidine rings is 1. The number of aromatic hydroxyl groups is 1. The van der Waals surface area contributed by atoms with Gasteiger partial charge >= 0.3 is 12.1 Å². The zero-order valence-corrected chi connectivity index (χ0v) is 51.1. The van der Waals surface area contributed by atoms with Crippen molar-refractivity contribution in [1.82, 2.24) is 41.0 Å². The van der Waals surface area contributed by atoms with E-state index in [9.17, 15) is 38.7 Å². The number of Topliss-reactive ketones (excluding diaryl/α,β-unsaturated/α-hetero) is 1. The van der Waals surface area contributed by atoms with Gasteiger partial charge in [-0.05, 0) is 81.5 Å². The number of aromatic nitrogens is 1. The van der Waals surface area contributed by atoms with Gasteiger partial charge in [-0.2, -0.15) is 11.8 Å². The summed E-state index contributed by atoms with van der Waals surface area (Å²) < 4.78 is 32.1. The normalized spacial score (nSPS) is 25.8. The van der Waals surface area contributed by atoms with E-state index in [1.165, 1.54) is 88.8 Å². The van der Waals surface area contributed by atoms with Gasteiger partial charge in [0.2, 0.25) is 35.4 Å². The van der Waals surface area contributed by atoms with Crippen LogP contribution in [0.15, 0.2) is 91.1 Å². The molecule has 1 unspecified atom stereocenters. The van der Waals surface area contributed by atoms with E-state index in [1.807, 2.05) is 36.1 Å². The van der Waals surface area contributed by atoms with Crippen molar-refractivity contribution in [2.45, 2.75) is 114 Å². The maximum absolute atomic E-state index is 15.8. The Morgan fingerprint density at radius 2 is 1.62 bits per heavy atom. The molecule has 5 aliphatic heterocycles. The molecule has 5 fully saturated rings. The van der Waals surface area contributed by atoms with Gasteiger partial charge in [-0.25, -0.2) is 19.0 Å². The fourth-order valence-electron chi connectivity index (χ4n) is 11.6. The average Bonchev–Trinajstić information content (AvgIpc) is 2.18. The van der Waals surface area contributed by atoms with Crippen LogP contribution < -0.4 is 31.1 Å². The number of nitrogens with zero attached hydrogens (tertiary/aromatic N) is 6. The second-order valence-electron chi connectivity index (χ2n) is 23.2. The van der Waals surface area contributed by atoms with Crippen LogP contribution in [-0.2, 0) is 59.0 Å². The summed E-state index contributed by atoms with van der Waals surface area (Å²) >= 11 is 1.26. The number of fused-ring (bicyclic) bond motifs is 2. The molecule has 474 valence electrons. The first kappa shape index (κ1) is 64.8. The maximum atomic E-state index is 15.8. The molecule has 1 aromatic heterocycles. The van der Waals surface area contributed by atoms with Gasteiger partial charge in [0, 0.05) is 76.1 Å². The third kappa shape index (κ3) is 15.1. The monoisotopic (exact) mass is 1250 g/mol. The molecule has 3 aromatic carbocycles. The van der Waals surface area contributed by atoms with E-state index >= 15 is 18.8 Å². The van der Waals surface area contributed by atoms with Gasteiger partial charge in [0.1, 0.15) is 59.3 Å². The molecule has 0 saturated carbocycles. The van der Waals surface area contributed by atoms with Crippen LogP contribution in [0.5, 0.6) is 5.75 Å². The molecule has 5 N–H and O–H groups in total. The SMILES string of the molecule is CC[C@]1(C)NC(=O)[C@@H](NC(=O)c2ncccc2O)[C@@H](C)OC(=O)[C@H](c2ccccc2)NC(=O)[C@@H]2CC(=O)C(CSCCC(=O)NC[C@H]3CN(c4ccc(N5CCOCC5)c(F)c4)C(=O)O3)CN2C(=O)[C@H](Cc2ccc(C)cc2)N(C)C(=O)[C@@H]2CCCN2C1=O. The number of morpholine rings is 1. The Morgan fingerprint density at radius 1 is 0.876 bits per heavy atom. The smallest absolute Gasteiger partial charge is 0.414 e. The molecule has 8 amide bonds. The van der Waals surface area contributed by atoms with E-state index in [0.29, 0.717) is 49.7 Å². The second kappa shape index (κ2) is 28.7. The minimum Gasteiger partial charge on any atom is -0.505 e. The first-order chi connectivity index (χ1) is 42.6. The van der Waals surface area contributed by atoms with Crippen LogP contribution in [0.4, 0.5) is 20.6 Å². The molecule has 5 aliphatic rings. The highest BCUT2D eigenvalue weighted by Crippen LogP contribution is 2.32. The van der Waals surface area contributed by atoms with Gasteiger partial charge in [-0.1, -0.05) is 67.1 Å². The van der Waals surface area contributed by atoms with Crippen molar-refractivity contribution in [2.75, 3.05) is 80.8 Å². The standard InChI is InChI=1S/C63H75FN10O14S/c1-6-63(4)61(84)72-24-11-14-46(72)58(81)70(5)48(30-39-18-16-37(2)17-19-39)59(82)74-34-41(36-89-29-22-51(77)66-33-43-35-73(62(85)88-43)42-20-21-45(44(64)31-42)71-25-27-86-28-26-71)50(76)32-47(74)55(78)68-53(40-12-8-7-9-13-40)60(83)87-38(3)52(57(80)69-63)67-56(79)54-49(75)15-10-23-65-54/h7-10,12-13,15-21,23,31,38,41,43,46-48,52-53,75H,6,11,14,22,24-30,32-36H2,1-5H3,(H,66,77)(H,67,79)(H,68,78)(H,69,80)/t38-,41?,43+,46+,47+,48+,52+,53+,63+/m1/s1. The van der Waals surface area contributed by atoms with Crippen LogP contribution in [0.25, 0.3) is 0 Å². The van der Waals surface area contributed by atoms with E-state index in [1.54, 1.807) is 37.3 Å². The zero-order chi connectivity index (χ0) is 63.7. The number of ketones is 1. The number of carbonyl (C=O) groups excluding carboxylic acids is 10. The number of rotatable bonds is 15. The van der Waals surface area contributed by atoms with Gasteiger partial charge in [0.05, 0.1) is 37.7 Å². The lowest BCUT2D eigenvalue weighted by atomic mass is 9.90. The Balaban J connectivity index is 0.962. The van der Waals surface area contributed by atoms with Crippen LogP contribution in [0.3, 0.4) is 0 Å². The summed E-state index contributed by atoms with van der Waals surface area (Å²) in [5, 5.41) is 21.3. The van der Waals surface area contributed by atoms with Crippen molar-refractivity contribution >= 4 is 82.3 Å². The topological polar surface area (TPSA) is 296 Å². The summed E-state index contributed by atoms with van der Waals surface area (Å²) in [6.07, 6.45) is -1.78. The number of hydrogen-bond donors (Lipinski definition) is 5. The summed E-state index contributed by atoms with van der Waals surface area (Å²) in [6, 6.07) is 14.9. The summed E-state index contributed by atoms with van der Waals surface area (Å²) in [4.78, 5) is 156. The molecule has 9 rings (SSSR count). The molecule has 4 aromatic rings. The third-order valence-electron chi connectivity index (χ3n) is 17.0. The van der Waals surface area contributed by atoms with E-state index < -0.39 is 131 Å². The van der Waals surface area contributed by atoms with Gasteiger partial charge in [-0.3, -0.25) is 43.3 Å². The van der Waals surface area contributed by atoms with Crippen molar-refractivity contribution in [1.29, 1.82) is 0 Å². The van der Waals surface area contributed by atoms with Gasteiger partial charge < -0.3 is 60.2 Å². The van der Waals surface area contributed by atoms with Crippen molar-refractivity contribution < 1.29 is 71.7 Å². The Morgan fingerprint density at radius 3 is 2.33 bits per heavy atom. The predicted molar refractivity (Wildman–Crippen MR) is 324 cm³/mol. The molecule has 0 aliphatic carbocycles. The number of amides is 8. The number of pyridine rings is 1. The number of thioether (sulfide) groups is 1. The van der Waals surface area contributed by atoms with E-state index in [-0.39, 0.29) is 74.8 Å². The first-order valence-electron chi connectivity index (χ1n) is 29.9. The van der Waals surface area contributed by atoms with Gasteiger partial charge in [0.25, 0.3) is 5.91 Å². The van der Waals surface area contributed by atoms with Crippen molar-refractivity contribution in [3.05, 3.63) is 119 Å². The quantitative estimate of drug-likeness (QED) is 0.0842. The molecule has 0 spiro atoms. The van der Waals surface area contributed by atoms with Crippen LogP contribution in [0, 0.1) is 18.7 Å². The predicted octanol–water partition coefficient (Wildman–Crippen LogP) is 3.37. The molecular weight excluding hydrogens is 1170 g/mol. The zero-order valence-electron chi connectivity index (χ0n) is 50.3. The second-order valence-corrected chi connectivity index (χ2v) is 24.3.